The number of unbranched alkanes of at least 4 members (excludes halogenated alkanes) is 2. The van der Waals surface area contributed by atoms with Crippen LogP contribution in [-0.4, -0.2) is 104 Å². The first-order valence-corrected chi connectivity index (χ1v) is 19.6. The smallest absolute Gasteiger partial charge is 0.336 e. The first kappa shape index (κ1) is 44.8. The van der Waals surface area contributed by atoms with Gasteiger partial charge in [0, 0.05) is 25.4 Å². The zero-order chi connectivity index (χ0) is 40.2. The van der Waals surface area contributed by atoms with Crippen molar-refractivity contribution >= 4 is 24.1 Å². The molecule has 0 fully saturated rings. The molecule has 1 heterocycles. The van der Waals surface area contributed by atoms with Gasteiger partial charge >= 0.3 is 11.9 Å². The predicted octanol–water partition coefficient (Wildman–Crippen LogP) is 7.14. The zero-order valence-corrected chi connectivity index (χ0v) is 33.1. The highest BCUT2D eigenvalue weighted by atomic mass is 16.6. The van der Waals surface area contributed by atoms with Crippen LogP contribution in [0.15, 0.2) is 72.8 Å². The van der Waals surface area contributed by atoms with Crippen molar-refractivity contribution in [1.29, 1.82) is 0 Å². The van der Waals surface area contributed by atoms with E-state index in [1.165, 1.54) is 24.3 Å². The lowest BCUT2D eigenvalue weighted by Crippen LogP contribution is -2.14. The van der Waals surface area contributed by atoms with Crippen molar-refractivity contribution in [3.8, 4) is 34.5 Å². The number of rotatable bonds is 20. The molecule has 0 saturated carbocycles. The molecule has 3 aromatic carbocycles. The summed E-state index contributed by atoms with van der Waals surface area (Å²) in [5.74, 6) is 0.306. The van der Waals surface area contributed by atoms with Crippen LogP contribution in [0.4, 0.5) is 0 Å². The average molecular weight is 793 g/mol. The summed E-state index contributed by atoms with van der Waals surface area (Å²) in [5, 5.41) is 0. The van der Waals surface area contributed by atoms with E-state index in [4.69, 9.17) is 52.1 Å². The topological polar surface area (TPSA) is 136 Å². The van der Waals surface area contributed by atoms with Gasteiger partial charge < -0.3 is 52.1 Å². The molecule has 0 radical (unpaired) electrons. The van der Waals surface area contributed by atoms with Crippen LogP contribution in [0.25, 0.3) is 12.2 Å². The standard InChI is InChI=1S/C44H56O13/c1-3-5-21-47-27-31-52-37-13-7-35(8-14-37)11-19-41(45)56-39-17-18-40(44-43(39)54-33-29-50-25-23-49-24-26-51-30-34-55-44)57-42(46)20-12-36-9-15-38(16-10-36)53-32-28-48-22-6-4-2/h7-20H,3-6,21-34H2,1-2H3/b19-11+,20-12+. The fraction of sp³-hybridized carbons (Fsp3) is 0.455. The molecule has 1 aliphatic heterocycles. The van der Waals surface area contributed by atoms with Gasteiger partial charge in [0.2, 0.25) is 11.5 Å². The molecule has 13 nitrogen and oxygen atoms in total. The van der Waals surface area contributed by atoms with Crippen molar-refractivity contribution in [2.45, 2.75) is 39.5 Å². The highest BCUT2D eigenvalue weighted by Gasteiger charge is 2.22. The number of esters is 2. The average Bonchev–Trinajstić information content (AvgIpc) is 3.23. The van der Waals surface area contributed by atoms with Gasteiger partial charge in [0.1, 0.15) is 37.9 Å². The SMILES string of the molecule is CCCCOCCOc1ccc(/C=C/C(=O)Oc2ccc(OC(=O)/C=C/c3ccc(OCCOCCCC)cc3)c3c2OCCOCCOCCOCCO3)cc1. The Morgan fingerprint density at radius 1 is 0.509 bits per heavy atom. The number of hydrogen-bond donors (Lipinski definition) is 0. The van der Waals surface area contributed by atoms with E-state index in [9.17, 15) is 9.59 Å². The lowest BCUT2D eigenvalue weighted by Gasteiger charge is -2.18. The van der Waals surface area contributed by atoms with E-state index in [2.05, 4.69) is 13.8 Å². The molecular formula is C44H56O13. The summed E-state index contributed by atoms with van der Waals surface area (Å²) < 4.78 is 62.9. The van der Waals surface area contributed by atoms with E-state index in [-0.39, 0.29) is 49.4 Å². The molecule has 0 amide bonds. The Labute approximate surface area is 335 Å². The van der Waals surface area contributed by atoms with Crippen molar-refractivity contribution in [2.24, 2.45) is 0 Å². The third kappa shape index (κ3) is 18.3. The number of ether oxygens (including phenoxy) is 11. The number of hydrogen-bond acceptors (Lipinski definition) is 13. The summed E-state index contributed by atoms with van der Waals surface area (Å²) in [7, 11) is 0. The van der Waals surface area contributed by atoms with E-state index in [0.717, 1.165) is 50.0 Å². The number of fused-ring (bicyclic) bond motifs is 1. The normalized spacial score (nSPS) is 14.1. The number of carbonyl (C=O) groups excluding carboxylic acids is 2. The van der Waals surface area contributed by atoms with E-state index in [0.29, 0.717) is 64.4 Å². The molecule has 0 N–H and O–H groups in total. The highest BCUT2D eigenvalue weighted by molar-refractivity contribution is 5.90. The molecule has 0 atom stereocenters. The van der Waals surface area contributed by atoms with Gasteiger partial charge in [0.15, 0.2) is 11.5 Å². The molecule has 0 saturated heterocycles. The second kappa shape index (κ2) is 27.6. The van der Waals surface area contributed by atoms with Crippen LogP contribution < -0.4 is 28.4 Å². The fourth-order valence-corrected chi connectivity index (χ4v) is 5.01. The van der Waals surface area contributed by atoms with E-state index in [1.54, 1.807) is 12.2 Å². The van der Waals surface area contributed by atoms with Crippen LogP contribution in [0.2, 0.25) is 0 Å². The Balaban J connectivity index is 1.42. The van der Waals surface area contributed by atoms with Gasteiger partial charge in [-0.3, -0.25) is 0 Å². The Bertz CT molecular complexity index is 1520. The van der Waals surface area contributed by atoms with Crippen LogP contribution in [0, 0.1) is 0 Å². The molecular weight excluding hydrogens is 736 g/mol. The summed E-state index contributed by atoms with van der Waals surface area (Å²) in [6.07, 6.45) is 10.1. The van der Waals surface area contributed by atoms with E-state index >= 15 is 0 Å². The molecule has 57 heavy (non-hydrogen) atoms. The minimum atomic E-state index is -0.664. The van der Waals surface area contributed by atoms with Crippen LogP contribution in [0.5, 0.6) is 34.5 Å². The van der Waals surface area contributed by atoms with Crippen molar-refractivity contribution < 1.29 is 61.7 Å². The Kier molecular flexibility index (Phi) is 21.7. The predicted molar refractivity (Wildman–Crippen MR) is 215 cm³/mol. The number of benzene rings is 3. The Hall–Kier alpha value is -4.92. The molecule has 4 rings (SSSR count). The Morgan fingerprint density at radius 3 is 1.28 bits per heavy atom. The van der Waals surface area contributed by atoms with Crippen molar-refractivity contribution in [2.75, 3.05) is 92.5 Å². The van der Waals surface area contributed by atoms with E-state index in [1.807, 2.05) is 48.5 Å². The van der Waals surface area contributed by atoms with Gasteiger partial charge in [-0.1, -0.05) is 51.0 Å². The molecule has 1 aliphatic rings. The third-order valence-electron chi connectivity index (χ3n) is 8.01. The maximum atomic E-state index is 13.1. The maximum absolute atomic E-state index is 13.1. The van der Waals surface area contributed by atoms with Crippen molar-refractivity contribution in [3.05, 3.63) is 83.9 Å². The molecule has 0 aromatic heterocycles. The quantitative estimate of drug-likeness (QED) is 0.0497. The number of carbonyl (C=O) groups is 2. The minimum absolute atomic E-state index is 0.0586. The van der Waals surface area contributed by atoms with Crippen molar-refractivity contribution in [3.63, 3.8) is 0 Å². The summed E-state index contributed by atoms with van der Waals surface area (Å²) in [5.41, 5.74) is 1.53. The van der Waals surface area contributed by atoms with Crippen LogP contribution in [0.1, 0.15) is 50.7 Å². The molecule has 0 unspecified atom stereocenters. The molecule has 0 aliphatic carbocycles. The second-order valence-corrected chi connectivity index (χ2v) is 12.5. The lowest BCUT2D eigenvalue weighted by molar-refractivity contribution is -0.130. The summed E-state index contributed by atoms with van der Waals surface area (Å²) in [4.78, 5) is 26.2. The minimum Gasteiger partial charge on any atom is -0.491 e. The first-order chi connectivity index (χ1) is 28.1. The largest absolute Gasteiger partial charge is 0.491 e. The lowest BCUT2D eigenvalue weighted by atomic mass is 10.2. The second-order valence-electron chi connectivity index (χ2n) is 12.5. The fourth-order valence-electron chi connectivity index (χ4n) is 5.01. The van der Waals surface area contributed by atoms with Crippen molar-refractivity contribution in [1.82, 2.24) is 0 Å². The Morgan fingerprint density at radius 2 is 0.895 bits per heavy atom. The molecule has 0 bridgehead atoms. The maximum Gasteiger partial charge on any atom is 0.336 e. The van der Waals surface area contributed by atoms with Gasteiger partial charge in [0.05, 0.1) is 52.9 Å². The van der Waals surface area contributed by atoms with Crippen LogP contribution >= 0.6 is 0 Å². The zero-order valence-electron chi connectivity index (χ0n) is 33.1. The van der Waals surface area contributed by atoms with Crippen LogP contribution in [-0.2, 0) is 33.3 Å². The van der Waals surface area contributed by atoms with E-state index < -0.39 is 11.9 Å². The van der Waals surface area contributed by atoms with Crippen LogP contribution in [0.3, 0.4) is 0 Å². The van der Waals surface area contributed by atoms with Gasteiger partial charge in [-0.15, -0.1) is 0 Å². The van der Waals surface area contributed by atoms with Gasteiger partial charge in [-0.25, -0.2) is 9.59 Å². The third-order valence-corrected chi connectivity index (χ3v) is 8.01. The van der Waals surface area contributed by atoms with Gasteiger partial charge in [0.25, 0.3) is 0 Å². The molecule has 3 aromatic rings. The molecule has 13 heteroatoms. The van der Waals surface area contributed by atoms with Gasteiger partial charge in [-0.05, 0) is 72.5 Å². The summed E-state index contributed by atoms with van der Waals surface area (Å²) in [6, 6.07) is 17.5. The molecule has 310 valence electrons. The van der Waals surface area contributed by atoms with Gasteiger partial charge in [-0.2, -0.15) is 0 Å². The first-order valence-electron chi connectivity index (χ1n) is 19.6. The summed E-state index contributed by atoms with van der Waals surface area (Å²) in [6.45, 7) is 9.70. The molecule has 0 spiro atoms. The highest BCUT2D eigenvalue weighted by Crippen LogP contribution is 2.45. The monoisotopic (exact) mass is 792 g/mol. The summed E-state index contributed by atoms with van der Waals surface area (Å²) >= 11 is 0.